The summed E-state index contributed by atoms with van der Waals surface area (Å²) in [6, 6.07) is 4.58. The first kappa shape index (κ1) is 10.3. The molecule has 0 aliphatic carbocycles. The molecule has 0 saturated heterocycles. The molecule has 1 N–H and O–H groups in total. The zero-order valence-corrected chi connectivity index (χ0v) is 9.07. The molecule has 1 heteroatoms. The van der Waals surface area contributed by atoms with Gasteiger partial charge < -0.3 is 5.32 Å². The molecule has 0 amide bonds. The van der Waals surface area contributed by atoms with E-state index in [4.69, 9.17) is 0 Å². The van der Waals surface area contributed by atoms with Crippen LogP contribution in [0.1, 0.15) is 29.2 Å². The summed E-state index contributed by atoms with van der Waals surface area (Å²) in [7, 11) is 1.99. The van der Waals surface area contributed by atoms with Gasteiger partial charge in [-0.1, -0.05) is 19.1 Å². The number of hydrogen-bond acceptors (Lipinski definition) is 1. The van der Waals surface area contributed by atoms with Gasteiger partial charge in [0.1, 0.15) is 0 Å². The second-order valence-corrected chi connectivity index (χ2v) is 3.59. The van der Waals surface area contributed by atoms with Crippen LogP contribution in [0, 0.1) is 13.8 Å². The Balaban J connectivity index is 3.07. The summed E-state index contributed by atoms with van der Waals surface area (Å²) in [5, 5.41) is 3.20. The molecular formula is C12H19N. The molecule has 0 bridgehead atoms. The van der Waals surface area contributed by atoms with E-state index in [2.05, 4.69) is 38.2 Å². The van der Waals surface area contributed by atoms with Crippen molar-refractivity contribution in [1.29, 1.82) is 0 Å². The van der Waals surface area contributed by atoms with Crippen molar-refractivity contribution in [3.05, 3.63) is 34.4 Å². The molecule has 0 aliphatic heterocycles. The summed E-state index contributed by atoms with van der Waals surface area (Å²) in [6.07, 6.45) is 1.13. The lowest BCUT2D eigenvalue weighted by molar-refractivity contribution is 0.804. The third-order valence-electron chi connectivity index (χ3n) is 2.52. The van der Waals surface area contributed by atoms with Crippen LogP contribution in [-0.4, -0.2) is 7.05 Å². The van der Waals surface area contributed by atoms with E-state index in [9.17, 15) is 0 Å². The molecule has 72 valence electrons. The van der Waals surface area contributed by atoms with E-state index in [1.54, 1.807) is 0 Å². The quantitative estimate of drug-likeness (QED) is 0.748. The number of nitrogens with one attached hydrogen (secondary N) is 1. The van der Waals surface area contributed by atoms with Crippen LogP contribution < -0.4 is 5.32 Å². The van der Waals surface area contributed by atoms with Crippen molar-refractivity contribution in [3.63, 3.8) is 0 Å². The van der Waals surface area contributed by atoms with Crippen LogP contribution in [0.3, 0.4) is 0 Å². The highest BCUT2D eigenvalue weighted by atomic mass is 14.8. The van der Waals surface area contributed by atoms with Crippen molar-refractivity contribution in [2.24, 2.45) is 0 Å². The van der Waals surface area contributed by atoms with Crippen molar-refractivity contribution >= 4 is 0 Å². The van der Waals surface area contributed by atoms with Crippen LogP contribution in [0.2, 0.25) is 0 Å². The Kier molecular flexibility index (Phi) is 3.49. The van der Waals surface area contributed by atoms with E-state index in [1.165, 1.54) is 22.3 Å². The highest BCUT2D eigenvalue weighted by Gasteiger charge is 2.02. The summed E-state index contributed by atoms with van der Waals surface area (Å²) in [4.78, 5) is 0. The first-order valence-corrected chi connectivity index (χ1v) is 4.92. The molecule has 0 fully saturated rings. The van der Waals surface area contributed by atoms with Crippen LogP contribution >= 0.6 is 0 Å². The van der Waals surface area contributed by atoms with E-state index in [0.29, 0.717) is 0 Å². The number of rotatable bonds is 3. The molecule has 0 atom stereocenters. The van der Waals surface area contributed by atoms with E-state index >= 15 is 0 Å². The van der Waals surface area contributed by atoms with Crippen LogP contribution in [0.15, 0.2) is 12.1 Å². The Bertz CT molecular complexity index is 266. The minimum atomic E-state index is 0.974. The smallest absolute Gasteiger partial charge is 0.0207 e. The standard InChI is InChI=1S/C12H19N/c1-5-11-6-9(2)12(8-13-4)10(3)7-11/h6-7,13H,5,8H2,1-4H3. The van der Waals surface area contributed by atoms with Gasteiger partial charge in [-0.15, -0.1) is 0 Å². The Morgan fingerprint density at radius 1 is 1.15 bits per heavy atom. The van der Waals surface area contributed by atoms with Crippen LogP contribution in [-0.2, 0) is 13.0 Å². The Morgan fingerprint density at radius 2 is 1.69 bits per heavy atom. The molecule has 1 nitrogen and oxygen atoms in total. The largest absolute Gasteiger partial charge is 0.316 e. The Hall–Kier alpha value is -0.820. The molecular weight excluding hydrogens is 158 g/mol. The normalized spacial score (nSPS) is 10.5. The fraction of sp³-hybridized carbons (Fsp3) is 0.500. The summed E-state index contributed by atoms with van der Waals surface area (Å²) in [5.41, 5.74) is 5.70. The summed E-state index contributed by atoms with van der Waals surface area (Å²) in [5.74, 6) is 0. The van der Waals surface area contributed by atoms with Crippen molar-refractivity contribution in [3.8, 4) is 0 Å². The molecule has 1 aromatic rings. The van der Waals surface area contributed by atoms with E-state index in [-0.39, 0.29) is 0 Å². The topological polar surface area (TPSA) is 12.0 Å². The zero-order valence-electron chi connectivity index (χ0n) is 9.07. The van der Waals surface area contributed by atoms with Gasteiger partial charge in [-0.3, -0.25) is 0 Å². The molecule has 1 aromatic carbocycles. The summed E-state index contributed by atoms with van der Waals surface area (Å²) in [6.45, 7) is 7.56. The minimum Gasteiger partial charge on any atom is -0.316 e. The molecule has 13 heavy (non-hydrogen) atoms. The summed E-state index contributed by atoms with van der Waals surface area (Å²) >= 11 is 0. The van der Waals surface area contributed by atoms with Crippen LogP contribution in [0.4, 0.5) is 0 Å². The molecule has 1 rings (SSSR count). The molecule has 0 radical (unpaired) electrons. The van der Waals surface area contributed by atoms with Crippen molar-refractivity contribution in [2.45, 2.75) is 33.7 Å². The monoisotopic (exact) mass is 177 g/mol. The van der Waals surface area contributed by atoms with Crippen LogP contribution in [0.25, 0.3) is 0 Å². The predicted octanol–water partition coefficient (Wildman–Crippen LogP) is 2.59. The SMILES string of the molecule is CCc1cc(C)c(CNC)c(C)c1. The lowest BCUT2D eigenvalue weighted by atomic mass is 9.98. The molecule has 0 unspecified atom stereocenters. The van der Waals surface area contributed by atoms with Crippen molar-refractivity contribution < 1.29 is 0 Å². The van der Waals surface area contributed by atoms with Gasteiger partial charge >= 0.3 is 0 Å². The van der Waals surface area contributed by atoms with E-state index in [1.807, 2.05) is 7.05 Å². The molecule has 0 saturated carbocycles. The fourth-order valence-corrected chi connectivity index (χ4v) is 1.74. The number of benzene rings is 1. The second-order valence-electron chi connectivity index (χ2n) is 3.59. The number of hydrogen-bond donors (Lipinski definition) is 1. The Morgan fingerprint density at radius 3 is 2.08 bits per heavy atom. The molecule has 0 heterocycles. The van der Waals surface area contributed by atoms with Crippen LogP contribution in [0.5, 0.6) is 0 Å². The molecule has 0 spiro atoms. The van der Waals surface area contributed by atoms with Gasteiger partial charge in [0.15, 0.2) is 0 Å². The lowest BCUT2D eigenvalue weighted by Crippen LogP contribution is -2.08. The van der Waals surface area contributed by atoms with Gasteiger partial charge in [0.05, 0.1) is 0 Å². The third kappa shape index (κ3) is 2.31. The van der Waals surface area contributed by atoms with E-state index < -0.39 is 0 Å². The van der Waals surface area contributed by atoms with Gasteiger partial charge in [0, 0.05) is 6.54 Å². The maximum absolute atomic E-state index is 3.20. The summed E-state index contributed by atoms with van der Waals surface area (Å²) < 4.78 is 0. The van der Waals surface area contributed by atoms with Gasteiger partial charge in [0.2, 0.25) is 0 Å². The zero-order chi connectivity index (χ0) is 9.84. The maximum Gasteiger partial charge on any atom is 0.0207 e. The number of aryl methyl sites for hydroxylation is 3. The highest BCUT2D eigenvalue weighted by molar-refractivity contribution is 5.37. The first-order chi connectivity index (χ1) is 6.19. The van der Waals surface area contributed by atoms with Gasteiger partial charge in [-0.25, -0.2) is 0 Å². The highest BCUT2D eigenvalue weighted by Crippen LogP contribution is 2.16. The second kappa shape index (κ2) is 4.43. The molecule has 0 aliphatic rings. The average molecular weight is 177 g/mol. The lowest BCUT2D eigenvalue weighted by Gasteiger charge is -2.11. The minimum absolute atomic E-state index is 0.974. The Labute approximate surface area is 81.2 Å². The maximum atomic E-state index is 3.20. The van der Waals surface area contributed by atoms with Crippen molar-refractivity contribution in [2.75, 3.05) is 7.05 Å². The molecule has 0 aromatic heterocycles. The average Bonchev–Trinajstić information content (AvgIpc) is 2.11. The predicted molar refractivity (Wildman–Crippen MR) is 58.1 cm³/mol. The fourth-order valence-electron chi connectivity index (χ4n) is 1.74. The van der Waals surface area contributed by atoms with Gasteiger partial charge in [-0.05, 0) is 49.6 Å². The first-order valence-electron chi connectivity index (χ1n) is 4.92. The van der Waals surface area contributed by atoms with Gasteiger partial charge in [0.25, 0.3) is 0 Å². The third-order valence-corrected chi connectivity index (χ3v) is 2.52. The van der Waals surface area contributed by atoms with Gasteiger partial charge in [-0.2, -0.15) is 0 Å². The van der Waals surface area contributed by atoms with Crippen molar-refractivity contribution in [1.82, 2.24) is 5.32 Å². The van der Waals surface area contributed by atoms with E-state index in [0.717, 1.165) is 13.0 Å².